The highest BCUT2D eigenvalue weighted by Crippen LogP contribution is 2.39. The van der Waals surface area contributed by atoms with Crippen LogP contribution in [0.2, 0.25) is 0 Å². The number of rotatable bonds is 4. The molecule has 2 unspecified atom stereocenters. The van der Waals surface area contributed by atoms with E-state index in [0.29, 0.717) is 17.8 Å². The van der Waals surface area contributed by atoms with Crippen molar-refractivity contribution >= 4 is 6.08 Å². The molecule has 1 saturated carbocycles. The number of hydrogen-bond acceptors (Lipinski definition) is 2. The standard InChI is InChI=1S/C19H28O2/c1-13(2)16-11-9-14(3)18(19(16)21)17(20)12-10-15-7-5-4-6-8-15/h4-8,10,12-14,16-21H,9,11H2,1-3H3/b12-10+/t14-,16-,17?,18+,19?/m1/s1. The van der Waals surface area contributed by atoms with Crippen molar-refractivity contribution in [1.82, 2.24) is 0 Å². The predicted molar refractivity (Wildman–Crippen MR) is 87.7 cm³/mol. The molecule has 0 aliphatic heterocycles. The van der Waals surface area contributed by atoms with Gasteiger partial charge in [-0.3, -0.25) is 0 Å². The Hall–Kier alpha value is -1.12. The van der Waals surface area contributed by atoms with Gasteiger partial charge in [-0.2, -0.15) is 0 Å². The summed E-state index contributed by atoms with van der Waals surface area (Å²) < 4.78 is 0. The van der Waals surface area contributed by atoms with Crippen LogP contribution in [-0.2, 0) is 0 Å². The molecule has 0 heterocycles. The molecular weight excluding hydrogens is 260 g/mol. The quantitative estimate of drug-likeness (QED) is 0.886. The highest BCUT2D eigenvalue weighted by atomic mass is 16.3. The van der Waals surface area contributed by atoms with Crippen molar-refractivity contribution in [3.8, 4) is 0 Å². The Kier molecular flexibility index (Phi) is 5.60. The fourth-order valence-electron chi connectivity index (χ4n) is 3.61. The van der Waals surface area contributed by atoms with Crippen LogP contribution in [0, 0.1) is 23.7 Å². The van der Waals surface area contributed by atoms with E-state index < -0.39 is 12.2 Å². The normalized spacial score (nSPS) is 31.7. The van der Waals surface area contributed by atoms with Gasteiger partial charge in [-0.05, 0) is 36.2 Å². The van der Waals surface area contributed by atoms with Crippen molar-refractivity contribution in [2.45, 2.75) is 45.8 Å². The van der Waals surface area contributed by atoms with E-state index in [1.54, 1.807) is 0 Å². The molecule has 0 amide bonds. The lowest BCUT2D eigenvalue weighted by Gasteiger charge is -2.42. The lowest BCUT2D eigenvalue weighted by molar-refractivity contribution is -0.0672. The topological polar surface area (TPSA) is 40.5 Å². The molecule has 2 rings (SSSR count). The SMILES string of the molecule is CC(C)[C@H]1CC[C@@H](C)[C@@H](C(O)/C=C/c2ccccc2)C1O. The van der Waals surface area contributed by atoms with Crippen LogP contribution in [0.15, 0.2) is 36.4 Å². The summed E-state index contributed by atoms with van der Waals surface area (Å²) in [5, 5.41) is 21.2. The van der Waals surface area contributed by atoms with Crippen LogP contribution in [0.3, 0.4) is 0 Å². The van der Waals surface area contributed by atoms with Crippen molar-refractivity contribution in [3.63, 3.8) is 0 Å². The highest BCUT2D eigenvalue weighted by molar-refractivity contribution is 5.49. The molecule has 0 saturated heterocycles. The second-order valence-corrected chi connectivity index (χ2v) is 6.79. The smallest absolute Gasteiger partial charge is 0.0779 e. The summed E-state index contributed by atoms with van der Waals surface area (Å²) in [6.45, 7) is 6.46. The maximum absolute atomic E-state index is 10.6. The summed E-state index contributed by atoms with van der Waals surface area (Å²) >= 11 is 0. The van der Waals surface area contributed by atoms with Gasteiger partial charge < -0.3 is 10.2 Å². The van der Waals surface area contributed by atoms with Gasteiger partial charge in [0.1, 0.15) is 0 Å². The van der Waals surface area contributed by atoms with Crippen LogP contribution in [0.1, 0.15) is 39.2 Å². The second kappa shape index (κ2) is 7.24. The van der Waals surface area contributed by atoms with E-state index in [0.717, 1.165) is 18.4 Å². The first kappa shape index (κ1) is 16.3. The maximum Gasteiger partial charge on any atom is 0.0779 e. The molecule has 1 aliphatic carbocycles. The van der Waals surface area contributed by atoms with Gasteiger partial charge in [-0.25, -0.2) is 0 Å². The van der Waals surface area contributed by atoms with Crippen LogP contribution >= 0.6 is 0 Å². The van der Waals surface area contributed by atoms with E-state index in [9.17, 15) is 10.2 Å². The van der Waals surface area contributed by atoms with Crippen LogP contribution in [-0.4, -0.2) is 22.4 Å². The van der Waals surface area contributed by atoms with Gasteiger partial charge >= 0.3 is 0 Å². The van der Waals surface area contributed by atoms with E-state index in [4.69, 9.17) is 0 Å². The Balaban J connectivity index is 2.08. The summed E-state index contributed by atoms with van der Waals surface area (Å²) in [5.74, 6) is 1.04. The third kappa shape index (κ3) is 3.96. The summed E-state index contributed by atoms with van der Waals surface area (Å²) in [5.41, 5.74) is 1.08. The van der Waals surface area contributed by atoms with Gasteiger partial charge in [-0.15, -0.1) is 0 Å². The Bertz CT molecular complexity index is 452. The monoisotopic (exact) mass is 288 g/mol. The summed E-state index contributed by atoms with van der Waals surface area (Å²) in [7, 11) is 0. The molecule has 1 aromatic rings. The molecule has 116 valence electrons. The zero-order chi connectivity index (χ0) is 15.4. The average Bonchev–Trinajstić information content (AvgIpc) is 2.46. The highest BCUT2D eigenvalue weighted by Gasteiger charge is 2.40. The van der Waals surface area contributed by atoms with E-state index >= 15 is 0 Å². The summed E-state index contributed by atoms with van der Waals surface area (Å²) in [6, 6.07) is 9.98. The van der Waals surface area contributed by atoms with Crippen LogP contribution in [0.5, 0.6) is 0 Å². The zero-order valence-corrected chi connectivity index (χ0v) is 13.3. The molecule has 0 bridgehead atoms. The van der Waals surface area contributed by atoms with Crippen molar-refractivity contribution in [1.29, 1.82) is 0 Å². The minimum atomic E-state index is -0.586. The first-order valence-corrected chi connectivity index (χ1v) is 8.10. The fraction of sp³-hybridized carbons (Fsp3) is 0.579. The van der Waals surface area contributed by atoms with Crippen LogP contribution in [0.4, 0.5) is 0 Å². The number of hydrogen-bond donors (Lipinski definition) is 2. The van der Waals surface area contributed by atoms with E-state index in [1.165, 1.54) is 0 Å². The molecule has 5 atom stereocenters. The van der Waals surface area contributed by atoms with Crippen molar-refractivity contribution in [2.75, 3.05) is 0 Å². The molecule has 21 heavy (non-hydrogen) atoms. The third-order valence-electron chi connectivity index (χ3n) is 4.98. The molecule has 2 heteroatoms. The predicted octanol–water partition coefficient (Wildman–Crippen LogP) is 3.74. The molecular formula is C19H28O2. The van der Waals surface area contributed by atoms with Crippen molar-refractivity contribution < 1.29 is 10.2 Å². The Morgan fingerprint density at radius 1 is 1.14 bits per heavy atom. The molecule has 2 N–H and O–H groups in total. The summed E-state index contributed by atoms with van der Waals surface area (Å²) in [4.78, 5) is 0. The van der Waals surface area contributed by atoms with Gasteiger partial charge in [-0.1, -0.05) is 63.3 Å². The average molecular weight is 288 g/mol. The molecule has 0 aromatic heterocycles. The van der Waals surface area contributed by atoms with Gasteiger partial charge in [0.25, 0.3) is 0 Å². The fourth-order valence-corrected chi connectivity index (χ4v) is 3.61. The number of benzene rings is 1. The second-order valence-electron chi connectivity index (χ2n) is 6.79. The van der Waals surface area contributed by atoms with E-state index in [1.807, 2.05) is 42.5 Å². The Morgan fingerprint density at radius 2 is 1.81 bits per heavy atom. The summed E-state index contributed by atoms with van der Waals surface area (Å²) in [6.07, 6.45) is 4.93. The molecule has 1 aliphatic rings. The van der Waals surface area contributed by atoms with E-state index in [-0.39, 0.29) is 5.92 Å². The Labute approximate surface area is 128 Å². The molecule has 1 aromatic carbocycles. The van der Waals surface area contributed by atoms with Crippen LogP contribution < -0.4 is 0 Å². The lowest BCUT2D eigenvalue weighted by Crippen LogP contribution is -2.45. The molecule has 0 spiro atoms. The van der Waals surface area contributed by atoms with Crippen molar-refractivity contribution in [3.05, 3.63) is 42.0 Å². The Morgan fingerprint density at radius 3 is 2.43 bits per heavy atom. The van der Waals surface area contributed by atoms with E-state index in [2.05, 4.69) is 20.8 Å². The lowest BCUT2D eigenvalue weighted by atomic mass is 9.67. The largest absolute Gasteiger partial charge is 0.392 e. The van der Waals surface area contributed by atoms with Gasteiger partial charge in [0.05, 0.1) is 12.2 Å². The minimum Gasteiger partial charge on any atom is -0.392 e. The molecule has 1 fully saturated rings. The third-order valence-corrected chi connectivity index (χ3v) is 4.98. The number of aliphatic hydroxyl groups excluding tert-OH is 2. The number of aliphatic hydroxyl groups is 2. The first-order chi connectivity index (χ1) is 10.0. The zero-order valence-electron chi connectivity index (χ0n) is 13.3. The van der Waals surface area contributed by atoms with Gasteiger partial charge in [0, 0.05) is 5.92 Å². The maximum atomic E-state index is 10.6. The van der Waals surface area contributed by atoms with Crippen LogP contribution in [0.25, 0.3) is 6.08 Å². The van der Waals surface area contributed by atoms with Crippen molar-refractivity contribution in [2.24, 2.45) is 23.7 Å². The van der Waals surface area contributed by atoms with Gasteiger partial charge in [0.2, 0.25) is 0 Å². The minimum absolute atomic E-state index is 0.0638. The molecule has 2 nitrogen and oxygen atoms in total. The van der Waals surface area contributed by atoms with Gasteiger partial charge in [0.15, 0.2) is 0 Å². The molecule has 0 radical (unpaired) electrons. The first-order valence-electron chi connectivity index (χ1n) is 8.10.